The second kappa shape index (κ2) is 7.53. The lowest BCUT2D eigenvalue weighted by Crippen LogP contribution is -2.27. The fourth-order valence-electron chi connectivity index (χ4n) is 2.63. The summed E-state index contributed by atoms with van der Waals surface area (Å²) in [4.78, 5) is 16.8. The highest BCUT2D eigenvalue weighted by Crippen LogP contribution is 2.25. The van der Waals surface area contributed by atoms with Gasteiger partial charge >= 0.3 is 0 Å². The first-order valence-corrected chi connectivity index (χ1v) is 9.13. The molecular weight excluding hydrogens is 362 g/mol. The zero-order chi connectivity index (χ0) is 19.6. The lowest BCUT2D eigenvalue weighted by Gasteiger charge is -2.18. The molecule has 2 aromatic carbocycles. The van der Waals surface area contributed by atoms with Crippen LogP contribution in [-0.4, -0.2) is 16.0 Å². The summed E-state index contributed by atoms with van der Waals surface area (Å²) >= 11 is 6.07. The van der Waals surface area contributed by atoms with E-state index >= 15 is 0 Å². The van der Waals surface area contributed by atoms with Gasteiger partial charge in [-0.2, -0.15) is 4.98 Å². The molecular formula is C21H22ClN3O2. The van der Waals surface area contributed by atoms with Crippen LogP contribution in [0.15, 0.2) is 53.1 Å². The van der Waals surface area contributed by atoms with Crippen molar-refractivity contribution in [3.8, 4) is 11.4 Å². The molecule has 0 fully saturated rings. The predicted molar refractivity (Wildman–Crippen MR) is 106 cm³/mol. The van der Waals surface area contributed by atoms with Gasteiger partial charge in [0.15, 0.2) is 0 Å². The van der Waals surface area contributed by atoms with E-state index in [1.54, 1.807) is 31.2 Å². The second-order valence-corrected chi connectivity index (χ2v) is 7.87. The molecule has 0 aliphatic heterocycles. The van der Waals surface area contributed by atoms with Crippen molar-refractivity contribution in [2.75, 3.05) is 0 Å². The third-order valence-electron chi connectivity index (χ3n) is 4.29. The molecule has 1 N–H and O–H groups in total. The van der Waals surface area contributed by atoms with Gasteiger partial charge in [-0.15, -0.1) is 0 Å². The number of hydrogen-bond donors (Lipinski definition) is 1. The Hall–Kier alpha value is -2.66. The van der Waals surface area contributed by atoms with Crippen molar-refractivity contribution in [2.45, 2.75) is 39.2 Å². The van der Waals surface area contributed by atoms with Crippen LogP contribution in [0.5, 0.6) is 0 Å². The van der Waals surface area contributed by atoms with Gasteiger partial charge in [0.05, 0.1) is 10.6 Å². The van der Waals surface area contributed by atoms with Gasteiger partial charge in [-0.3, -0.25) is 4.79 Å². The average molecular weight is 384 g/mol. The van der Waals surface area contributed by atoms with Crippen LogP contribution in [-0.2, 0) is 5.41 Å². The minimum Gasteiger partial charge on any atom is -0.340 e. The summed E-state index contributed by atoms with van der Waals surface area (Å²) < 4.78 is 5.34. The normalized spacial score (nSPS) is 12.6. The fraction of sp³-hybridized carbons (Fsp3) is 0.286. The number of carbonyl (C=O) groups is 1. The number of aromatic nitrogens is 2. The van der Waals surface area contributed by atoms with Gasteiger partial charge in [-0.1, -0.05) is 73.9 Å². The van der Waals surface area contributed by atoms with Gasteiger partial charge in [0.1, 0.15) is 6.04 Å². The molecule has 1 aromatic heterocycles. The number of nitrogens with one attached hydrogen (secondary N) is 1. The molecule has 0 saturated carbocycles. The molecule has 0 aliphatic carbocycles. The Kier molecular flexibility index (Phi) is 5.33. The van der Waals surface area contributed by atoms with Crippen LogP contribution in [0.1, 0.15) is 55.5 Å². The zero-order valence-corrected chi connectivity index (χ0v) is 16.5. The van der Waals surface area contributed by atoms with E-state index in [1.165, 1.54) is 5.56 Å². The topological polar surface area (TPSA) is 68.0 Å². The number of carbonyl (C=O) groups excluding carboxylic acids is 1. The van der Waals surface area contributed by atoms with Crippen LogP contribution in [0.25, 0.3) is 11.4 Å². The lowest BCUT2D eigenvalue weighted by molar-refractivity contribution is 0.0932. The smallest absolute Gasteiger partial charge is 0.253 e. The van der Waals surface area contributed by atoms with Crippen molar-refractivity contribution in [2.24, 2.45) is 0 Å². The number of amides is 1. The summed E-state index contributed by atoms with van der Waals surface area (Å²) in [6, 6.07) is 14.5. The molecule has 5 nitrogen and oxygen atoms in total. The standard InChI is InChI=1S/C21H22ClN3O2/c1-13(23-19(26)16-7-5-6-8-17(16)22)20-24-18(25-27-20)14-9-11-15(12-10-14)21(2,3)4/h5-13H,1-4H3,(H,23,26). The van der Waals surface area contributed by atoms with E-state index < -0.39 is 6.04 Å². The molecule has 0 saturated heterocycles. The molecule has 6 heteroatoms. The van der Waals surface area contributed by atoms with Gasteiger partial charge in [0.2, 0.25) is 11.7 Å². The van der Waals surface area contributed by atoms with E-state index in [0.29, 0.717) is 22.3 Å². The minimum absolute atomic E-state index is 0.0818. The largest absolute Gasteiger partial charge is 0.340 e. The van der Waals surface area contributed by atoms with Crippen LogP contribution in [0.2, 0.25) is 5.02 Å². The predicted octanol–water partition coefficient (Wildman–Crippen LogP) is 5.18. The summed E-state index contributed by atoms with van der Waals surface area (Å²) in [6.07, 6.45) is 0. The SMILES string of the molecule is CC(NC(=O)c1ccccc1Cl)c1nc(-c2ccc(C(C)(C)C)cc2)no1. The van der Waals surface area contributed by atoms with Gasteiger partial charge < -0.3 is 9.84 Å². The number of nitrogens with zero attached hydrogens (tertiary/aromatic N) is 2. The highest BCUT2D eigenvalue weighted by atomic mass is 35.5. The molecule has 0 radical (unpaired) electrons. The molecule has 1 unspecified atom stereocenters. The van der Waals surface area contributed by atoms with Gasteiger partial charge in [-0.25, -0.2) is 0 Å². The first kappa shape index (κ1) is 19.1. The van der Waals surface area contributed by atoms with Gasteiger partial charge in [0.25, 0.3) is 5.91 Å². The van der Waals surface area contributed by atoms with Crippen LogP contribution in [0.4, 0.5) is 0 Å². The third kappa shape index (κ3) is 4.37. The molecule has 1 heterocycles. The van der Waals surface area contributed by atoms with E-state index in [-0.39, 0.29) is 11.3 Å². The zero-order valence-electron chi connectivity index (χ0n) is 15.8. The highest BCUT2D eigenvalue weighted by molar-refractivity contribution is 6.33. The molecule has 140 valence electrons. The second-order valence-electron chi connectivity index (χ2n) is 7.46. The summed E-state index contributed by atoms with van der Waals surface area (Å²) in [5.41, 5.74) is 2.58. The fourth-order valence-corrected chi connectivity index (χ4v) is 2.85. The Bertz CT molecular complexity index is 943. The van der Waals surface area contributed by atoms with E-state index in [0.717, 1.165) is 5.56 Å². The molecule has 27 heavy (non-hydrogen) atoms. The average Bonchev–Trinajstić information content (AvgIpc) is 3.11. The summed E-state index contributed by atoms with van der Waals surface area (Å²) in [5.74, 6) is 0.539. The number of hydrogen-bond acceptors (Lipinski definition) is 4. The van der Waals surface area contributed by atoms with Crippen LogP contribution in [0, 0.1) is 0 Å². The Morgan fingerprint density at radius 3 is 2.41 bits per heavy atom. The maximum absolute atomic E-state index is 12.4. The van der Waals surface area contributed by atoms with Crippen molar-refractivity contribution in [3.05, 3.63) is 70.6 Å². The highest BCUT2D eigenvalue weighted by Gasteiger charge is 2.20. The van der Waals surface area contributed by atoms with Gasteiger partial charge in [0, 0.05) is 5.56 Å². The Balaban J connectivity index is 1.73. The summed E-state index contributed by atoms with van der Waals surface area (Å²) in [7, 11) is 0. The first-order chi connectivity index (χ1) is 12.8. The Morgan fingerprint density at radius 1 is 1.11 bits per heavy atom. The molecule has 1 atom stereocenters. The maximum atomic E-state index is 12.4. The third-order valence-corrected chi connectivity index (χ3v) is 4.62. The maximum Gasteiger partial charge on any atom is 0.253 e. The van der Waals surface area contributed by atoms with Crippen molar-refractivity contribution in [3.63, 3.8) is 0 Å². The van der Waals surface area contributed by atoms with Crippen molar-refractivity contribution in [1.29, 1.82) is 0 Å². The molecule has 1 amide bonds. The van der Waals surface area contributed by atoms with E-state index in [1.807, 2.05) is 12.1 Å². The van der Waals surface area contributed by atoms with E-state index in [2.05, 4.69) is 48.4 Å². The van der Waals surface area contributed by atoms with E-state index in [9.17, 15) is 4.79 Å². The molecule has 0 bridgehead atoms. The van der Waals surface area contributed by atoms with Crippen molar-refractivity contribution >= 4 is 17.5 Å². The molecule has 3 aromatic rings. The van der Waals surface area contributed by atoms with Crippen LogP contribution in [0.3, 0.4) is 0 Å². The molecule has 3 rings (SSSR count). The van der Waals surface area contributed by atoms with E-state index in [4.69, 9.17) is 16.1 Å². The van der Waals surface area contributed by atoms with Crippen molar-refractivity contribution in [1.82, 2.24) is 15.5 Å². The quantitative estimate of drug-likeness (QED) is 0.674. The molecule has 0 aliphatic rings. The number of halogens is 1. The Labute approximate surface area is 163 Å². The minimum atomic E-state index is -0.441. The monoisotopic (exact) mass is 383 g/mol. The number of benzene rings is 2. The Morgan fingerprint density at radius 2 is 1.78 bits per heavy atom. The number of rotatable bonds is 4. The van der Waals surface area contributed by atoms with Gasteiger partial charge in [-0.05, 0) is 30.0 Å². The first-order valence-electron chi connectivity index (χ1n) is 8.75. The lowest BCUT2D eigenvalue weighted by atomic mass is 9.87. The van der Waals surface area contributed by atoms with Crippen molar-refractivity contribution < 1.29 is 9.32 Å². The summed E-state index contributed by atoms with van der Waals surface area (Å²) in [5, 5.41) is 7.26. The van der Waals surface area contributed by atoms with Crippen LogP contribution >= 0.6 is 11.6 Å². The molecule has 0 spiro atoms. The van der Waals surface area contributed by atoms with Crippen LogP contribution < -0.4 is 5.32 Å². The summed E-state index contributed by atoms with van der Waals surface area (Å²) in [6.45, 7) is 8.28.